The van der Waals surface area contributed by atoms with Gasteiger partial charge in [-0.25, -0.2) is 0 Å². The highest BCUT2D eigenvalue weighted by Gasteiger charge is 2.01. The molecule has 20 heavy (non-hydrogen) atoms. The van der Waals surface area contributed by atoms with Crippen molar-refractivity contribution in [2.45, 2.75) is 13.3 Å². The van der Waals surface area contributed by atoms with Crippen molar-refractivity contribution in [1.82, 2.24) is 0 Å². The fraction of sp³-hybridized carbons (Fsp3) is 0.294. The minimum atomic E-state index is 0.678. The summed E-state index contributed by atoms with van der Waals surface area (Å²) in [5.74, 6) is 1.80. The third-order valence-electron chi connectivity index (χ3n) is 3.08. The monoisotopic (exact) mass is 271 g/mol. The third-order valence-corrected chi connectivity index (χ3v) is 3.08. The highest BCUT2D eigenvalue weighted by atomic mass is 16.5. The quantitative estimate of drug-likeness (QED) is 0.832. The summed E-state index contributed by atoms with van der Waals surface area (Å²) >= 11 is 0. The topological polar surface area (TPSA) is 30.5 Å². The van der Waals surface area contributed by atoms with Gasteiger partial charge >= 0.3 is 0 Å². The second-order valence-corrected chi connectivity index (χ2v) is 4.45. The molecule has 0 bridgehead atoms. The van der Waals surface area contributed by atoms with E-state index in [9.17, 15) is 0 Å². The second-order valence-electron chi connectivity index (χ2n) is 4.45. The summed E-state index contributed by atoms with van der Waals surface area (Å²) in [6, 6.07) is 16.2. The maximum atomic E-state index is 5.59. The van der Waals surface area contributed by atoms with Crippen molar-refractivity contribution >= 4 is 5.69 Å². The molecule has 0 saturated carbocycles. The number of benzene rings is 2. The Labute approximate surface area is 120 Å². The first-order chi connectivity index (χ1) is 9.83. The van der Waals surface area contributed by atoms with Crippen LogP contribution >= 0.6 is 0 Å². The van der Waals surface area contributed by atoms with E-state index in [4.69, 9.17) is 9.47 Å². The van der Waals surface area contributed by atoms with Crippen molar-refractivity contribution in [2.24, 2.45) is 0 Å². The minimum Gasteiger partial charge on any atom is -0.497 e. The van der Waals surface area contributed by atoms with Crippen LogP contribution in [0.4, 0.5) is 5.69 Å². The summed E-state index contributed by atoms with van der Waals surface area (Å²) < 4.78 is 10.7. The molecular weight excluding hydrogens is 250 g/mol. The van der Waals surface area contributed by atoms with Crippen molar-refractivity contribution in [2.75, 3.05) is 25.6 Å². The van der Waals surface area contributed by atoms with Crippen LogP contribution in [0.15, 0.2) is 48.5 Å². The molecule has 0 heterocycles. The maximum Gasteiger partial charge on any atom is 0.142 e. The van der Waals surface area contributed by atoms with Crippen LogP contribution in [-0.2, 0) is 6.42 Å². The van der Waals surface area contributed by atoms with Gasteiger partial charge in [0, 0.05) is 6.54 Å². The molecule has 3 heteroatoms. The van der Waals surface area contributed by atoms with Gasteiger partial charge in [-0.05, 0) is 43.2 Å². The van der Waals surface area contributed by atoms with E-state index in [1.165, 1.54) is 5.56 Å². The van der Waals surface area contributed by atoms with Crippen molar-refractivity contribution in [3.05, 3.63) is 54.1 Å². The van der Waals surface area contributed by atoms with Gasteiger partial charge in [-0.3, -0.25) is 0 Å². The van der Waals surface area contributed by atoms with E-state index in [0.29, 0.717) is 6.61 Å². The standard InChI is InChI=1S/C17H21NO2/c1-3-20-17-7-5-4-6-16(17)18-13-12-14-8-10-15(19-2)11-9-14/h4-11,18H,3,12-13H2,1-2H3. The summed E-state index contributed by atoms with van der Waals surface area (Å²) in [5, 5.41) is 3.42. The van der Waals surface area contributed by atoms with E-state index >= 15 is 0 Å². The van der Waals surface area contributed by atoms with Gasteiger partial charge in [0.1, 0.15) is 11.5 Å². The maximum absolute atomic E-state index is 5.59. The molecule has 0 radical (unpaired) electrons. The average Bonchev–Trinajstić information content (AvgIpc) is 2.50. The molecule has 0 fully saturated rings. The number of anilines is 1. The molecule has 2 aromatic carbocycles. The second kappa shape index (κ2) is 7.43. The Morgan fingerprint density at radius 1 is 1.00 bits per heavy atom. The zero-order chi connectivity index (χ0) is 14.2. The molecule has 0 atom stereocenters. The van der Waals surface area contributed by atoms with Crippen LogP contribution in [-0.4, -0.2) is 20.3 Å². The normalized spacial score (nSPS) is 10.1. The Hall–Kier alpha value is -2.16. The molecule has 0 aliphatic rings. The van der Waals surface area contributed by atoms with Gasteiger partial charge in [-0.2, -0.15) is 0 Å². The molecular formula is C17H21NO2. The molecule has 0 spiro atoms. The van der Waals surface area contributed by atoms with Crippen LogP contribution in [0.5, 0.6) is 11.5 Å². The number of methoxy groups -OCH3 is 1. The molecule has 0 unspecified atom stereocenters. The Morgan fingerprint density at radius 2 is 1.75 bits per heavy atom. The highest BCUT2D eigenvalue weighted by molar-refractivity contribution is 5.56. The van der Waals surface area contributed by atoms with Crippen LogP contribution in [0.3, 0.4) is 0 Å². The molecule has 106 valence electrons. The molecule has 3 nitrogen and oxygen atoms in total. The fourth-order valence-corrected chi connectivity index (χ4v) is 2.03. The number of hydrogen-bond donors (Lipinski definition) is 1. The number of rotatable bonds is 7. The SMILES string of the molecule is CCOc1ccccc1NCCc1ccc(OC)cc1. The molecule has 0 saturated heterocycles. The Balaban J connectivity index is 1.89. The smallest absolute Gasteiger partial charge is 0.142 e. The highest BCUT2D eigenvalue weighted by Crippen LogP contribution is 2.23. The third kappa shape index (κ3) is 3.92. The first-order valence-electron chi connectivity index (χ1n) is 6.92. The fourth-order valence-electron chi connectivity index (χ4n) is 2.03. The van der Waals surface area contributed by atoms with Gasteiger partial charge in [0.05, 0.1) is 19.4 Å². The van der Waals surface area contributed by atoms with E-state index < -0.39 is 0 Å². The van der Waals surface area contributed by atoms with E-state index in [1.807, 2.05) is 43.3 Å². The Morgan fingerprint density at radius 3 is 2.45 bits per heavy atom. The van der Waals surface area contributed by atoms with Gasteiger partial charge in [0.2, 0.25) is 0 Å². The van der Waals surface area contributed by atoms with Gasteiger partial charge in [-0.1, -0.05) is 24.3 Å². The zero-order valence-corrected chi connectivity index (χ0v) is 12.1. The van der Waals surface area contributed by atoms with Crippen molar-refractivity contribution in [3.63, 3.8) is 0 Å². The first-order valence-corrected chi connectivity index (χ1v) is 6.92. The molecule has 1 N–H and O–H groups in total. The Kier molecular flexibility index (Phi) is 5.30. The number of para-hydroxylation sites is 2. The van der Waals surface area contributed by atoms with Gasteiger partial charge in [0.25, 0.3) is 0 Å². The van der Waals surface area contributed by atoms with Crippen molar-refractivity contribution in [1.29, 1.82) is 0 Å². The van der Waals surface area contributed by atoms with Crippen LogP contribution in [0, 0.1) is 0 Å². The van der Waals surface area contributed by atoms with Gasteiger partial charge in [0.15, 0.2) is 0 Å². The van der Waals surface area contributed by atoms with Crippen molar-refractivity contribution < 1.29 is 9.47 Å². The molecule has 0 aliphatic heterocycles. The van der Waals surface area contributed by atoms with Crippen LogP contribution in [0.25, 0.3) is 0 Å². The molecule has 0 aliphatic carbocycles. The van der Waals surface area contributed by atoms with E-state index in [0.717, 1.165) is 30.2 Å². The van der Waals surface area contributed by atoms with E-state index in [1.54, 1.807) is 7.11 Å². The van der Waals surface area contributed by atoms with E-state index in [-0.39, 0.29) is 0 Å². The molecule has 0 amide bonds. The predicted octanol–water partition coefficient (Wildman–Crippen LogP) is 3.75. The summed E-state index contributed by atoms with van der Waals surface area (Å²) in [4.78, 5) is 0. The summed E-state index contributed by atoms with van der Waals surface area (Å²) in [7, 11) is 1.68. The number of hydrogen-bond acceptors (Lipinski definition) is 3. The van der Waals surface area contributed by atoms with Crippen LogP contribution in [0.1, 0.15) is 12.5 Å². The lowest BCUT2D eigenvalue weighted by atomic mass is 10.1. The van der Waals surface area contributed by atoms with Gasteiger partial charge in [-0.15, -0.1) is 0 Å². The predicted molar refractivity (Wildman–Crippen MR) is 82.8 cm³/mol. The van der Waals surface area contributed by atoms with Crippen LogP contribution in [0.2, 0.25) is 0 Å². The molecule has 2 aromatic rings. The molecule has 0 aromatic heterocycles. The zero-order valence-electron chi connectivity index (χ0n) is 12.1. The van der Waals surface area contributed by atoms with E-state index in [2.05, 4.69) is 17.4 Å². The lowest BCUT2D eigenvalue weighted by molar-refractivity contribution is 0.341. The summed E-state index contributed by atoms with van der Waals surface area (Å²) in [6.07, 6.45) is 0.963. The lowest BCUT2D eigenvalue weighted by Crippen LogP contribution is -2.06. The summed E-state index contributed by atoms with van der Waals surface area (Å²) in [5.41, 5.74) is 2.33. The van der Waals surface area contributed by atoms with Gasteiger partial charge < -0.3 is 14.8 Å². The minimum absolute atomic E-state index is 0.678. The largest absolute Gasteiger partial charge is 0.497 e. The lowest BCUT2D eigenvalue weighted by Gasteiger charge is -2.12. The van der Waals surface area contributed by atoms with Crippen LogP contribution < -0.4 is 14.8 Å². The van der Waals surface area contributed by atoms with Crippen molar-refractivity contribution in [3.8, 4) is 11.5 Å². The average molecular weight is 271 g/mol. The number of ether oxygens (including phenoxy) is 2. The number of nitrogens with one attached hydrogen (secondary N) is 1. The molecule has 2 rings (SSSR count). The first kappa shape index (κ1) is 14.3. The summed E-state index contributed by atoms with van der Waals surface area (Å²) in [6.45, 7) is 3.54. The Bertz CT molecular complexity index is 523.